The molecule has 2 heterocycles. The molecule has 35 heavy (non-hydrogen) atoms. The number of H-pyrrole nitrogens is 1. The van der Waals surface area contributed by atoms with Crippen molar-refractivity contribution in [1.82, 2.24) is 15.3 Å². The van der Waals surface area contributed by atoms with E-state index in [4.69, 9.17) is 14.5 Å². The number of rotatable bonds is 7. The first-order valence-corrected chi connectivity index (χ1v) is 11.3. The van der Waals surface area contributed by atoms with E-state index < -0.39 is 0 Å². The predicted octanol–water partition coefficient (Wildman–Crippen LogP) is 5.86. The van der Waals surface area contributed by atoms with Crippen LogP contribution in [0.25, 0.3) is 33.1 Å². The standard InChI is InChI=1S/C28H24FN3O3/c1-3-35-24-13-10-18(14-25(24)34-2)26-27-21(20-6-4-5-7-22(20)31-27)15-23(32-26)28(33)30-16-17-8-11-19(29)12-9-17/h4-15,31H,3,16H2,1-2H3,(H,30,33). The van der Waals surface area contributed by atoms with E-state index in [0.717, 1.165) is 32.9 Å². The van der Waals surface area contributed by atoms with Crippen LogP contribution in [0.3, 0.4) is 0 Å². The minimum Gasteiger partial charge on any atom is -0.493 e. The molecule has 0 atom stereocenters. The molecule has 1 amide bonds. The van der Waals surface area contributed by atoms with Crippen molar-refractivity contribution in [3.8, 4) is 22.8 Å². The zero-order valence-electron chi connectivity index (χ0n) is 19.4. The van der Waals surface area contributed by atoms with Crippen LogP contribution in [0.4, 0.5) is 4.39 Å². The van der Waals surface area contributed by atoms with Crippen LogP contribution in [0.5, 0.6) is 11.5 Å². The molecule has 176 valence electrons. The topological polar surface area (TPSA) is 76.2 Å². The largest absolute Gasteiger partial charge is 0.493 e. The average Bonchev–Trinajstić information content (AvgIpc) is 3.27. The molecule has 3 aromatic carbocycles. The molecular weight excluding hydrogens is 445 g/mol. The summed E-state index contributed by atoms with van der Waals surface area (Å²) in [6.45, 7) is 2.69. The molecule has 0 radical (unpaired) electrons. The minimum absolute atomic E-state index is 0.263. The summed E-state index contributed by atoms with van der Waals surface area (Å²) in [5.41, 5.74) is 4.28. The smallest absolute Gasteiger partial charge is 0.270 e. The molecule has 5 rings (SSSR count). The number of nitrogens with zero attached hydrogens (tertiary/aromatic N) is 1. The summed E-state index contributed by atoms with van der Waals surface area (Å²) < 4.78 is 24.4. The first-order chi connectivity index (χ1) is 17.1. The van der Waals surface area contributed by atoms with E-state index in [9.17, 15) is 9.18 Å². The predicted molar refractivity (Wildman–Crippen MR) is 134 cm³/mol. The molecule has 0 bridgehead atoms. The van der Waals surface area contributed by atoms with Crippen LogP contribution >= 0.6 is 0 Å². The third-order valence-electron chi connectivity index (χ3n) is 5.83. The lowest BCUT2D eigenvalue weighted by Crippen LogP contribution is -2.24. The lowest BCUT2D eigenvalue weighted by molar-refractivity contribution is 0.0946. The molecular formula is C28H24FN3O3. The fraction of sp³-hybridized carbons (Fsp3) is 0.143. The number of amides is 1. The highest BCUT2D eigenvalue weighted by molar-refractivity contribution is 6.13. The van der Waals surface area contributed by atoms with Crippen LogP contribution in [0.15, 0.2) is 72.8 Å². The van der Waals surface area contributed by atoms with E-state index in [1.807, 2.05) is 49.4 Å². The normalized spacial score (nSPS) is 11.1. The SMILES string of the molecule is CCOc1ccc(-c2nc(C(=O)NCc3ccc(F)cc3)cc3c2[nH]c2ccccc23)cc1OC. The molecule has 6 nitrogen and oxygen atoms in total. The highest BCUT2D eigenvalue weighted by Crippen LogP contribution is 2.36. The number of hydrogen-bond acceptors (Lipinski definition) is 4. The Morgan fingerprint density at radius 3 is 2.57 bits per heavy atom. The van der Waals surface area contributed by atoms with E-state index in [-0.39, 0.29) is 24.0 Å². The second kappa shape index (κ2) is 9.46. The third kappa shape index (κ3) is 4.40. The number of carbonyl (C=O) groups excluding carboxylic acids is 1. The number of halogens is 1. The van der Waals surface area contributed by atoms with E-state index in [1.165, 1.54) is 12.1 Å². The first-order valence-electron chi connectivity index (χ1n) is 11.3. The van der Waals surface area contributed by atoms with Crippen LogP contribution in [0, 0.1) is 5.82 Å². The average molecular weight is 470 g/mol. The van der Waals surface area contributed by atoms with Crippen LogP contribution < -0.4 is 14.8 Å². The van der Waals surface area contributed by atoms with Gasteiger partial charge in [0.1, 0.15) is 11.5 Å². The van der Waals surface area contributed by atoms with Crippen molar-refractivity contribution >= 4 is 27.7 Å². The van der Waals surface area contributed by atoms with Gasteiger partial charge in [0.05, 0.1) is 24.9 Å². The van der Waals surface area contributed by atoms with Crippen molar-refractivity contribution < 1.29 is 18.7 Å². The van der Waals surface area contributed by atoms with Gasteiger partial charge in [0.25, 0.3) is 5.91 Å². The highest BCUT2D eigenvalue weighted by atomic mass is 19.1. The maximum absolute atomic E-state index is 13.2. The summed E-state index contributed by atoms with van der Waals surface area (Å²) in [6.07, 6.45) is 0. The molecule has 7 heteroatoms. The number of nitrogens with one attached hydrogen (secondary N) is 2. The Bertz CT molecular complexity index is 1530. The lowest BCUT2D eigenvalue weighted by atomic mass is 10.1. The van der Waals surface area contributed by atoms with E-state index >= 15 is 0 Å². The maximum atomic E-state index is 13.2. The number of methoxy groups -OCH3 is 1. The lowest BCUT2D eigenvalue weighted by Gasteiger charge is -2.12. The van der Waals surface area contributed by atoms with Crippen LogP contribution in [-0.2, 0) is 6.54 Å². The minimum atomic E-state index is -0.319. The van der Waals surface area contributed by atoms with Gasteiger partial charge in [-0.15, -0.1) is 0 Å². The zero-order chi connectivity index (χ0) is 24.4. The quantitative estimate of drug-likeness (QED) is 0.313. The Morgan fingerprint density at radius 2 is 1.80 bits per heavy atom. The van der Waals surface area contributed by atoms with Crippen molar-refractivity contribution in [2.45, 2.75) is 13.5 Å². The Balaban J connectivity index is 1.60. The van der Waals surface area contributed by atoms with E-state index in [2.05, 4.69) is 10.3 Å². The van der Waals surface area contributed by atoms with Gasteiger partial charge in [0, 0.05) is 28.4 Å². The number of ether oxygens (including phenoxy) is 2. The molecule has 0 unspecified atom stereocenters. The number of para-hydroxylation sites is 1. The number of carbonyl (C=O) groups is 1. The molecule has 0 aliphatic carbocycles. The van der Waals surface area contributed by atoms with Gasteiger partial charge in [-0.1, -0.05) is 30.3 Å². The van der Waals surface area contributed by atoms with Crippen LogP contribution in [-0.4, -0.2) is 29.6 Å². The summed E-state index contributed by atoms with van der Waals surface area (Å²) in [5, 5.41) is 4.78. The second-order valence-electron chi connectivity index (χ2n) is 8.06. The Labute approximate surface area is 201 Å². The molecule has 2 aromatic heterocycles. The molecule has 5 aromatic rings. The highest BCUT2D eigenvalue weighted by Gasteiger charge is 2.18. The monoisotopic (exact) mass is 469 g/mol. The summed E-state index contributed by atoms with van der Waals surface area (Å²) >= 11 is 0. The van der Waals surface area contributed by atoms with Gasteiger partial charge in [0.15, 0.2) is 11.5 Å². The van der Waals surface area contributed by atoms with Gasteiger partial charge >= 0.3 is 0 Å². The second-order valence-corrected chi connectivity index (χ2v) is 8.06. The van der Waals surface area contributed by atoms with E-state index in [1.54, 1.807) is 25.3 Å². The van der Waals surface area contributed by atoms with Gasteiger partial charge in [-0.3, -0.25) is 4.79 Å². The summed E-state index contributed by atoms with van der Waals surface area (Å²) in [5.74, 6) is 0.587. The van der Waals surface area contributed by atoms with Crippen molar-refractivity contribution in [3.05, 3.63) is 89.9 Å². The molecule has 0 fully saturated rings. The number of pyridine rings is 1. The summed E-state index contributed by atoms with van der Waals surface area (Å²) in [7, 11) is 1.59. The fourth-order valence-electron chi connectivity index (χ4n) is 4.14. The van der Waals surface area contributed by atoms with Crippen molar-refractivity contribution in [2.75, 3.05) is 13.7 Å². The first kappa shape index (κ1) is 22.4. The maximum Gasteiger partial charge on any atom is 0.270 e. The molecule has 0 spiro atoms. The van der Waals surface area contributed by atoms with Crippen molar-refractivity contribution in [1.29, 1.82) is 0 Å². The summed E-state index contributed by atoms with van der Waals surface area (Å²) in [6, 6.07) is 21.4. The van der Waals surface area contributed by atoms with Crippen LogP contribution in [0.1, 0.15) is 23.0 Å². The number of aromatic amines is 1. The van der Waals surface area contributed by atoms with Gasteiger partial charge in [-0.25, -0.2) is 9.37 Å². The van der Waals surface area contributed by atoms with Gasteiger partial charge in [-0.2, -0.15) is 0 Å². The van der Waals surface area contributed by atoms with Crippen LogP contribution in [0.2, 0.25) is 0 Å². The summed E-state index contributed by atoms with van der Waals surface area (Å²) in [4.78, 5) is 21.3. The molecule has 0 saturated carbocycles. The molecule has 0 saturated heterocycles. The number of benzene rings is 3. The van der Waals surface area contributed by atoms with Crippen molar-refractivity contribution in [3.63, 3.8) is 0 Å². The molecule has 0 aliphatic rings. The zero-order valence-corrected chi connectivity index (χ0v) is 19.4. The van der Waals surface area contributed by atoms with Crippen molar-refractivity contribution in [2.24, 2.45) is 0 Å². The fourth-order valence-corrected chi connectivity index (χ4v) is 4.14. The Morgan fingerprint density at radius 1 is 1.00 bits per heavy atom. The van der Waals surface area contributed by atoms with E-state index in [0.29, 0.717) is 23.8 Å². The van der Waals surface area contributed by atoms with Gasteiger partial charge < -0.3 is 19.8 Å². The van der Waals surface area contributed by atoms with Gasteiger partial charge in [-0.05, 0) is 55.0 Å². The Hall–Kier alpha value is -4.39. The Kier molecular flexibility index (Phi) is 6.06. The third-order valence-corrected chi connectivity index (χ3v) is 5.83. The van der Waals surface area contributed by atoms with Gasteiger partial charge in [0.2, 0.25) is 0 Å². The molecule has 2 N–H and O–H groups in total. The molecule has 0 aliphatic heterocycles. The number of fused-ring (bicyclic) bond motifs is 3. The number of aromatic nitrogens is 2. The number of hydrogen-bond donors (Lipinski definition) is 2.